The number of rotatable bonds is 4. The van der Waals surface area contributed by atoms with Crippen molar-refractivity contribution in [2.45, 2.75) is 6.92 Å². The lowest BCUT2D eigenvalue weighted by Gasteiger charge is -2.03. The molecule has 1 heterocycles. The summed E-state index contributed by atoms with van der Waals surface area (Å²) in [5, 5.41) is 18.7. The SMILES string of the molecule is Cc1nn(-c2ccccc2)c(Cl)c1/C=N/NC(=O)c1cc(Cl)ccc1O. The summed E-state index contributed by atoms with van der Waals surface area (Å²) < 4.78 is 1.59. The fraction of sp³-hybridized carbons (Fsp3) is 0.0556. The summed E-state index contributed by atoms with van der Waals surface area (Å²) in [6, 6.07) is 13.6. The van der Waals surface area contributed by atoms with Gasteiger partial charge in [0, 0.05) is 5.02 Å². The topological polar surface area (TPSA) is 79.5 Å². The zero-order valence-corrected chi connectivity index (χ0v) is 15.2. The quantitative estimate of drug-likeness (QED) is 0.524. The Balaban J connectivity index is 1.80. The lowest BCUT2D eigenvalue weighted by atomic mass is 10.2. The minimum absolute atomic E-state index is 0.0254. The van der Waals surface area contributed by atoms with E-state index in [-0.39, 0.29) is 11.3 Å². The zero-order valence-electron chi connectivity index (χ0n) is 13.6. The maximum absolute atomic E-state index is 12.1. The van der Waals surface area contributed by atoms with E-state index in [0.29, 0.717) is 21.4 Å². The Morgan fingerprint density at radius 2 is 1.96 bits per heavy atom. The van der Waals surface area contributed by atoms with Crippen LogP contribution in [0.2, 0.25) is 10.2 Å². The van der Waals surface area contributed by atoms with Gasteiger partial charge in [-0.1, -0.05) is 41.4 Å². The predicted molar refractivity (Wildman–Crippen MR) is 101 cm³/mol. The van der Waals surface area contributed by atoms with Crippen LogP contribution >= 0.6 is 23.2 Å². The van der Waals surface area contributed by atoms with E-state index >= 15 is 0 Å². The molecule has 0 atom stereocenters. The van der Waals surface area contributed by atoms with Crippen LogP contribution in [0.5, 0.6) is 5.75 Å². The Hall–Kier alpha value is -2.83. The van der Waals surface area contributed by atoms with E-state index in [1.807, 2.05) is 30.3 Å². The number of benzene rings is 2. The van der Waals surface area contributed by atoms with Gasteiger partial charge in [0.25, 0.3) is 5.91 Å². The average Bonchev–Trinajstić information content (AvgIpc) is 2.92. The predicted octanol–water partition coefficient (Wildman–Crippen LogP) is 3.96. The fourth-order valence-electron chi connectivity index (χ4n) is 2.30. The number of phenols is 1. The standard InChI is InChI=1S/C18H14Cl2N4O2/c1-11-15(17(20)24(23-11)13-5-3-2-4-6-13)10-21-22-18(26)14-9-12(19)7-8-16(14)25/h2-10,25H,1H3,(H,22,26)/b21-10+. The average molecular weight is 389 g/mol. The van der Waals surface area contributed by atoms with Gasteiger partial charge in [0.1, 0.15) is 10.9 Å². The van der Waals surface area contributed by atoms with Gasteiger partial charge in [0.15, 0.2) is 0 Å². The molecule has 26 heavy (non-hydrogen) atoms. The van der Waals surface area contributed by atoms with Crippen LogP contribution in [-0.4, -0.2) is 27.0 Å². The van der Waals surface area contributed by atoms with Crippen molar-refractivity contribution in [3.63, 3.8) is 0 Å². The molecule has 0 saturated heterocycles. The first-order chi connectivity index (χ1) is 12.5. The van der Waals surface area contributed by atoms with Gasteiger partial charge in [0.05, 0.1) is 28.7 Å². The lowest BCUT2D eigenvalue weighted by Crippen LogP contribution is -2.17. The first-order valence-electron chi connectivity index (χ1n) is 7.60. The zero-order chi connectivity index (χ0) is 18.7. The molecule has 0 aliphatic rings. The number of hydrazone groups is 1. The van der Waals surface area contributed by atoms with Crippen LogP contribution in [0.4, 0.5) is 0 Å². The van der Waals surface area contributed by atoms with Crippen LogP contribution in [0.3, 0.4) is 0 Å². The van der Waals surface area contributed by atoms with Crippen molar-refractivity contribution in [1.29, 1.82) is 0 Å². The summed E-state index contributed by atoms with van der Waals surface area (Å²) in [7, 11) is 0. The number of hydrogen-bond acceptors (Lipinski definition) is 4. The highest BCUT2D eigenvalue weighted by atomic mass is 35.5. The molecule has 3 aromatic rings. The number of halogens is 2. The molecule has 0 aliphatic heterocycles. The molecule has 0 aliphatic carbocycles. The van der Waals surface area contributed by atoms with Gasteiger partial charge < -0.3 is 5.11 Å². The number of hydrogen-bond donors (Lipinski definition) is 2. The molecule has 0 fully saturated rings. The molecule has 0 bridgehead atoms. The maximum Gasteiger partial charge on any atom is 0.275 e. The monoisotopic (exact) mass is 388 g/mol. The van der Waals surface area contributed by atoms with Crippen molar-refractivity contribution in [3.05, 3.63) is 75.5 Å². The molecule has 0 unspecified atom stereocenters. The molecule has 0 spiro atoms. The third-order valence-corrected chi connectivity index (χ3v) is 4.21. The molecule has 6 nitrogen and oxygen atoms in total. The van der Waals surface area contributed by atoms with E-state index in [1.54, 1.807) is 11.6 Å². The number of phenolic OH excluding ortho intramolecular Hbond substituents is 1. The molecular formula is C18H14Cl2N4O2. The molecule has 2 aromatic carbocycles. The highest BCUT2D eigenvalue weighted by Crippen LogP contribution is 2.23. The minimum atomic E-state index is -0.592. The van der Waals surface area contributed by atoms with Crippen LogP contribution in [0.1, 0.15) is 21.6 Å². The number of nitrogens with one attached hydrogen (secondary N) is 1. The summed E-state index contributed by atoms with van der Waals surface area (Å²) in [6.45, 7) is 1.79. The maximum atomic E-state index is 12.1. The smallest absolute Gasteiger partial charge is 0.275 e. The van der Waals surface area contributed by atoms with Crippen LogP contribution in [0, 0.1) is 6.92 Å². The number of para-hydroxylation sites is 1. The molecule has 2 N–H and O–H groups in total. The molecular weight excluding hydrogens is 375 g/mol. The van der Waals surface area contributed by atoms with Gasteiger partial charge in [-0.2, -0.15) is 10.2 Å². The van der Waals surface area contributed by atoms with Crippen molar-refractivity contribution >= 4 is 35.3 Å². The number of carbonyl (C=O) groups excluding carboxylic acids is 1. The van der Waals surface area contributed by atoms with Crippen molar-refractivity contribution in [2.24, 2.45) is 5.10 Å². The second-order valence-electron chi connectivity index (χ2n) is 5.40. The van der Waals surface area contributed by atoms with Crippen molar-refractivity contribution in [3.8, 4) is 11.4 Å². The molecule has 8 heteroatoms. The lowest BCUT2D eigenvalue weighted by molar-refractivity contribution is 0.0952. The number of aryl methyl sites for hydroxylation is 1. The van der Waals surface area contributed by atoms with E-state index in [0.717, 1.165) is 5.69 Å². The van der Waals surface area contributed by atoms with Gasteiger partial charge >= 0.3 is 0 Å². The summed E-state index contributed by atoms with van der Waals surface area (Å²) in [5.74, 6) is -0.779. The third kappa shape index (κ3) is 3.71. The molecule has 0 radical (unpaired) electrons. The molecule has 3 rings (SSSR count). The second-order valence-corrected chi connectivity index (χ2v) is 6.19. The van der Waals surface area contributed by atoms with Crippen molar-refractivity contribution < 1.29 is 9.90 Å². The number of nitrogens with zero attached hydrogens (tertiary/aromatic N) is 3. The first kappa shape index (κ1) is 18.0. The number of carbonyl (C=O) groups is 1. The molecule has 0 saturated carbocycles. The van der Waals surface area contributed by atoms with E-state index in [1.165, 1.54) is 24.4 Å². The highest BCUT2D eigenvalue weighted by Gasteiger charge is 2.14. The van der Waals surface area contributed by atoms with Gasteiger partial charge in [-0.05, 0) is 37.3 Å². The first-order valence-corrected chi connectivity index (χ1v) is 8.35. The van der Waals surface area contributed by atoms with Gasteiger partial charge in [0.2, 0.25) is 0 Å². The Bertz CT molecular complexity index is 984. The van der Waals surface area contributed by atoms with E-state index in [4.69, 9.17) is 23.2 Å². The van der Waals surface area contributed by atoms with Crippen LogP contribution < -0.4 is 5.43 Å². The normalized spacial score (nSPS) is 11.0. The van der Waals surface area contributed by atoms with Crippen LogP contribution in [-0.2, 0) is 0 Å². The summed E-state index contributed by atoms with van der Waals surface area (Å²) >= 11 is 12.2. The van der Waals surface area contributed by atoms with Crippen molar-refractivity contribution in [1.82, 2.24) is 15.2 Å². The fourth-order valence-corrected chi connectivity index (χ4v) is 2.80. The van der Waals surface area contributed by atoms with E-state index < -0.39 is 5.91 Å². The number of aromatic hydroxyl groups is 1. The molecule has 132 valence electrons. The molecule has 1 aromatic heterocycles. The largest absolute Gasteiger partial charge is 0.507 e. The Kier molecular flexibility index (Phi) is 5.25. The van der Waals surface area contributed by atoms with Crippen LogP contribution in [0.25, 0.3) is 5.69 Å². The van der Waals surface area contributed by atoms with E-state index in [9.17, 15) is 9.90 Å². The number of aromatic nitrogens is 2. The Morgan fingerprint density at radius 3 is 2.69 bits per heavy atom. The summed E-state index contributed by atoms with van der Waals surface area (Å²) in [4.78, 5) is 12.1. The van der Waals surface area contributed by atoms with Crippen LogP contribution in [0.15, 0.2) is 53.6 Å². The van der Waals surface area contributed by atoms with Gasteiger partial charge in [-0.3, -0.25) is 4.79 Å². The van der Waals surface area contributed by atoms with E-state index in [2.05, 4.69) is 15.6 Å². The molecule has 1 amide bonds. The van der Waals surface area contributed by atoms with Gasteiger partial charge in [-0.25, -0.2) is 10.1 Å². The summed E-state index contributed by atoms with van der Waals surface area (Å²) in [6.07, 6.45) is 1.41. The minimum Gasteiger partial charge on any atom is -0.507 e. The number of amides is 1. The Morgan fingerprint density at radius 1 is 1.23 bits per heavy atom. The summed E-state index contributed by atoms with van der Waals surface area (Å²) in [5.41, 5.74) is 4.40. The van der Waals surface area contributed by atoms with Gasteiger partial charge in [-0.15, -0.1) is 0 Å². The second kappa shape index (κ2) is 7.59. The van der Waals surface area contributed by atoms with Crippen molar-refractivity contribution in [2.75, 3.05) is 0 Å². The Labute approximate surface area is 159 Å². The highest BCUT2D eigenvalue weighted by molar-refractivity contribution is 6.32. The third-order valence-electron chi connectivity index (χ3n) is 3.61.